The van der Waals surface area contributed by atoms with Crippen LogP contribution in [0, 0.1) is 41.4 Å². The Morgan fingerprint density at radius 1 is 1.07 bits per heavy atom. The molecule has 6 bridgehead atoms. The van der Waals surface area contributed by atoms with Gasteiger partial charge in [-0.2, -0.15) is 0 Å². The topological polar surface area (TPSA) is 20.2 Å². The van der Waals surface area contributed by atoms with Crippen molar-refractivity contribution in [2.45, 2.75) is 21.7 Å². The smallest absolute Gasteiger partial charge is 0.0898 e. The molecular weight excluding hydrogens is 308 g/mol. The Morgan fingerprint density at radius 2 is 1.86 bits per heavy atom. The lowest BCUT2D eigenvalue weighted by Gasteiger charge is -2.38. The van der Waals surface area contributed by atoms with E-state index < -0.39 is 0 Å². The number of aliphatic hydroxyl groups is 1. The lowest BCUT2D eigenvalue weighted by molar-refractivity contribution is -0.0538. The summed E-state index contributed by atoms with van der Waals surface area (Å²) >= 11 is 7.77. The molecule has 6 saturated carbocycles. The predicted octanol–water partition coefficient (Wildman–Crippen LogP) is 2.37. The first-order valence-electron chi connectivity index (χ1n) is 5.67. The highest BCUT2D eigenvalue weighted by atomic mass is 79.9. The molecule has 0 amide bonds. The van der Waals surface area contributed by atoms with Gasteiger partial charge in [-0.05, 0) is 48.3 Å². The summed E-state index contributed by atoms with van der Waals surface area (Å²) in [4.78, 5) is 0. The first-order valence-corrected chi connectivity index (χ1v) is 7.25. The zero-order chi connectivity index (χ0) is 9.46. The molecule has 6 aliphatic rings. The molecule has 0 aromatic carbocycles. The molecule has 6 aliphatic carbocycles. The fourth-order valence-corrected chi connectivity index (χ4v) is 9.20. The van der Waals surface area contributed by atoms with E-state index in [2.05, 4.69) is 31.9 Å². The van der Waals surface area contributed by atoms with E-state index in [-0.39, 0.29) is 8.83 Å². The van der Waals surface area contributed by atoms with E-state index in [0.717, 1.165) is 36.0 Å². The number of rotatable bonds is 0. The molecule has 6 rings (SSSR count). The second-order valence-electron chi connectivity index (χ2n) is 6.20. The molecule has 0 heterocycles. The van der Waals surface area contributed by atoms with E-state index in [1.807, 2.05) is 0 Å². The van der Waals surface area contributed by atoms with Gasteiger partial charge in [-0.1, -0.05) is 31.9 Å². The minimum Gasteiger partial charge on any atom is -0.389 e. The molecule has 6 fully saturated rings. The molecule has 8 atom stereocenters. The van der Waals surface area contributed by atoms with Crippen LogP contribution in [0.25, 0.3) is 0 Å². The van der Waals surface area contributed by atoms with Crippen molar-refractivity contribution >= 4 is 31.9 Å². The van der Waals surface area contributed by atoms with Gasteiger partial charge in [0, 0.05) is 5.92 Å². The standard InChI is InChI=1S/C11H12Br2O/c12-11(13)8-4-1-3-5-2-10(14,7(3)8)9(11)6(4)5/h3-9,14H,1-2H2/t3-,4+,5-,6+,7+,8-,9+,10+/m0/s1. The highest BCUT2D eigenvalue weighted by Crippen LogP contribution is 2.88. The first-order chi connectivity index (χ1) is 6.57. The molecule has 1 N–H and O–H groups in total. The van der Waals surface area contributed by atoms with Gasteiger partial charge in [-0.3, -0.25) is 0 Å². The van der Waals surface area contributed by atoms with Crippen LogP contribution in [0.5, 0.6) is 0 Å². The van der Waals surface area contributed by atoms with Crippen molar-refractivity contribution in [3.8, 4) is 0 Å². The molecule has 0 unspecified atom stereocenters. The van der Waals surface area contributed by atoms with Crippen LogP contribution in [-0.2, 0) is 0 Å². The molecule has 0 aromatic heterocycles. The summed E-state index contributed by atoms with van der Waals surface area (Å²) in [7, 11) is 0. The molecule has 0 spiro atoms. The quantitative estimate of drug-likeness (QED) is 0.680. The molecule has 0 radical (unpaired) electrons. The molecule has 14 heavy (non-hydrogen) atoms. The molecule has 0 aliphatic heterocycles. The molecule has 0 saturated heterocycles. The molecule has 1 nitrogen and oxygen atoms in total. The Bertz CT molecular complexity index is 368. The predicted molar refractivity (Wildman–Crippen MR) is 59.2 cm³/mol. The Hall–Kier alpha value is 0.920. The summed E-state index contributed by atoms with van der Waals surface area (Å²) in [5, 5.41) is 10.8. The van der Waals surface area contributed by atoms with Gasteiger partial charge in [0.2, 0.25) is 0 Å². The van der Waals surface area contributed by atoms with Crippen LogP contribution in [-0.4, -0.2) is 13.9 Å². The minimum atomic E-state index is -0.287. The molecule has 76 valence electrons. The molecular formula is C11H12Br2O. The summed E-state index contributed by atoms with van der Waals surface area (Å²) in [5.41, 5.74) is -0.287. The maximum atomic E-state index is 10.8. The number of alkyl halides is 2. The monoisotopic (exact) mass is 318 g/mol. The third-order valence-corrected chi connectivity index (χ3v) is 8.36. The number of hydrogen-bond acceptors (Lipinski definition) is 1. The lowest BCUT2D eigenvalue weighted by Crippen LogP contribution is -2.43. The molecule has 3 heteroatoms. The van der Waals surface area contributed by atoms with Crippen molar-refractivity contribution in [1.82, 2.24) is 0 Å². The largest absolute Gasteiger partial charge is 0.389 e. The summed E-state index contributed by atoms with van der Waals surface area (Å²) < 4.78 is 0.0920. The van der Waals surface area contributed by atoms with E-state index in [1.54, 1.807) is 0 Å². The zero-order valence-corrected chi connectivity index (χ0v) is 10.8. The van der Waals surface area contributed by atoms with E-state index in [0.29, 0.717) is 11.8 Å². The highest BCUT2D eigenvalue weighted by molar-refractivity contribution is 9.25. The Balaban J connectivity index is 1.89. The average molecular weight is 320 g/mol. The van der Waals surface area contributed by atoms with Crippen LogP contribution in [0.4, 0.5) is 0 Å². The zero-order valence-electron chi connectivity index (χ0n) is 7.66. The van der Waals surface area contributed by atoms with E-state index in [4.69, 9.17) is 0 Å². The Morgan fingerprint density at radius 3 is 2.57 bits per heavy atom. The fraction of sp³-hybridized carbons (Fsp3) is 1.00. The Kier molecular flexibility index (Phi) is 1.04. The van der Waals surface area contributed by atoms with Crippen molar-refractivity contribution in [2.24, 2.45) is 41.4 Å². The van der Waals surface area contributed by atoms with Crippen molar-refractivity contribution in [1.29, 1.82) is 0 Å². The SMILES string of the molecule is O[C@@]12C[C@H]3[C@@H]4C[C@@H]5[C@H]3[C@H]1C(Br)(Br)[C@@H]5[C@@H]42. The van der Waals surface area contributed by atoms with Crippen LogP contribution in [0.3, 0.4) is 0 Å². The maximum Gasteiger partial charge on any atom is 0.0898 e. The van der Waals surface area contributed by atoms with Gasteiger partial charge in [0.25, 0.3) is 0 Å². The number of halogens is 2. The van der Waals surface area contributed by atoms with Gasteiger partial charge in [0.05, 0.1) is 8.83 Å². The van der Waals surface area contributed by atoms with Gasteiger partial charge >= 0.3 is 0 Å². The van der Waals surface area contributed by atoms with Crippen molar-refractivity contribution < 1.29 is 5.11 Å². The van der Waals surface area contributed by atoms with E-state index in [9.17, 15) is 5.11 Å². The second-order valence-corrected chi connectivity index (χ2v) is 9.89. The first kappa shape index (κ1) is 8.08. The average Bonchev–Trinajstić information content (AvgIpc) is 2.70. The van der Waals surface area contributed by atoms with E-state index >= 15 is 0 Å². The van der Waals surface area contributed by atoms with Crippen LogP contribution in [0.2, 0.25) is 0 Å². The second kappa shape index (κ2) is 1.80. The number of hydrogen-bond donors (Lipinski definition) is 1. The summed E-state index contributed by atoms with van der Waals surface area (Å²) in [6.45, 7) is 0. The van der Waals surface area contributed by atoms with Crippen LogP contribution >= 0.6 is 31.9 Å². The van der Waals surface area contributed by atoms with Crippen molar-refractivity contribution in [2.75, 3.05) is 0 Å². The van der Waals surface area contributed by atoms with Gasteiger partial charge in [0.15, 0.2) is 0 Å². The van der Waals surface area contributed by atoms with E-state index in [1.165, 1.54) is 6.42 Å². The fourth-order valence-electron chi connectivity index (χ4n) is 6.55. The summed E-state index contributed by atoms with van der Waals surface area (Å²) in [6.07, 6.45) is 2.53. The third kappa shape index (κ3) is 0.479. The van der Waals surface area contributed by atoms with Gasteiger partial charge in [-0.25, -0.2) is 0 Å². The summed E-state index contributed by atoms with van der Waals surface area (Å²) in [6, 6.07) is 0. The Labute approximate surface area is 99.9 Å². The molecule has 0 aromatic rings. The van der Waals surface area contributed by atoms with Gasteiger partial charge < -0.3 is 5.11 Å². The third-order valence-electron chi connectivity index (χ3n) is 6.31. The maximum absolute atomic E-state index is 10.8. The van der Waals surface area contributed by atoms with Crippen LogP contribution in [0.1, 0.15) is 12.8 Å². The highest BCUT2D eigenvalue weighted by Gasteiger charge is 2.89. The van der Waals surface area contributed by atoms with Crippen molar-refractivity contribution in [3.63, 3.8) is 0 Å². The lowest BCUT2D eigenvalue weighted by atomic mass is 9.69. The normalized spacial score (nSPS) is 78.6. The van der Waals surface area contributed by atoms with Crippen molar-refractivity contribution in [3.05, 3.63) is 0 Å². The minimum absolute atomic E-state index is 0.0920. The van der Waals surface area contributed by atoms with Gasteiger partial charge in [0.1, 0.15) is 0 Å². The van der Waals surface area contributed by atoms with Gasteiger partial charge in [-0.15, -0.1) is 0 Å². The van der Waals surface area contributed by atoms with Crippen LogP contribution < -0.4 is 0 Å². The summed E-state index contributed by atoms with van der Waals surface area (Å²) in [5.74, 6) is 5.41. The van der Waals surface area contributed by atoms with Crippen LogP contribution in [0.15, 0.2) is 0 Å².